The second-order valence-corrected chi connectivity index (χ2v) is 9.67. The lowest BCUT2D eigenvalue weighted by Crippen LogP contribution is -2.51. The number of benzene rings is 1. The molecule has 31 heavy (non-hydrogen) atoms. The molecular formula is C25H35N3O3. The summed E-state index contributed by atoms with van der Waals surface area (Å²) in [6.07, 6.45) is 6.43. The van der Waals surface area contributed by atoms with Crippen molar-refractivity contribution in [3.05, 3.63) is 42.0 Å². The van der Waals surface area contributed by atoms with Crippen molar-refractivity contribution in [1.29, 1.82) is 0 Å². The molecule has 6 heteroatoms. The first-order valence-electron chi connectivity index (χ1n) is 11.4. The van der Waals surface area contributed by atoms with E-state index in [0.29, 0.717) is 39.0 Å². The summed E-state index contributed by atoms with van der Waals surface area (Å²) in [5.41, 5.74) is 0.637. The van der Waals surface area contributed by atoms with E-state index < -0.39 is 0 Å². The Morgan fingerprint density at radius 2 is 1.48 bits per heavy atom. The van der Waals surface area contributed by atoms with E-state index in [-0.39, 0.29) is 35.1 Å². The van der Waals surface area contributed by atoms with Crippen molar-refractivity contribution in [3.63, 3.8) is 0 Å². The average molecular weight is 426 g/mol. The molecule has 0 saturated carbocycles. The number of hydrogen-bond acceptors (Lipinski definition) is 3. The lowest BCUT2D eigenvalue weighted by molar-refractivity contribution is -0.140. The Balaban J connectivity index is 1.40. The van der Waals surface area contributed by atoms with E-state index in [1.165, 1.54) is 0 Å². The topological polar surface area (TPSA) is 69.7 Å². The van der Waals surface area contributed by atoms with Gasteiger partial charge in [0, 0.05) is 49.6 Å². The van der Waals surface area contributed by atoms with Crippen LogP contribution in [0.3, 0.4) is 0 Å². The van der Waals surface area contributed by atoms with Gasteiger partial charge in [0.2, 0.25) is 17.7 Å². The molecule has 1 N–H and O–H groups in total. The molecule has 2 saturated heterocycles. The molecule has 0 aromatic heterocycles. The van der Waals surface area contributed by atoms with Gasteiger partial charge in [-0.2, -0.15) is 0 Å². The first kappa shape index (κ1) is 23.0. The number of amides is 3. The van der Waals surface area contributed by atoms with Gasteiger partial charge in [-0.1, -0.05) is 51.1 Å². The molecule has 0 radical (unpaired) electrons. The Bertz CT molecular complexity index is 797. The van der Waals surface area contributed by atoms with Crippen LogP contribution in [0, 0.1) is 11.3 Å². The minimum absolute atomic E-state index is 0.00130. The fourth-order valence-corrected chi connectivity index (χ4v) is 4.22. The smallest absolute Gasteiger partial charge is 0.246 e. The minimum atomic E-state index is -0.363. The zero-order valence-corrected chi connectivity index (χ0v) is 19.0. The van der Waals surface area contributed by atoms with Crippen LogP contribution < -0.4 is 5.32 Å². The second kappa shape index (κ2) is 10.1. The largest absolute Gasteiger partial charge is 0.353 e. The number of hydrogen-bond donors (Lipinski definition) is 1. The molecule has 0 aliphatic carbocycles. The zero-order valence-electron chi connectivity index (χ0n) is 19.0. The summed E-state index contributed by atoms with van der Waals surface area (Å²) in [6, 6.07) is 9.89. The Morgan fingerprint density at radius 3 is 2.06 bits per heavy atom. The molecule has 0 bridgehead atoms. The van der Waals surface area contributed by atoms with Crippen molar-refractivity contribution < 1.29 is 14.4 Å². The molecular weight excluding hydrogens is 390 g/mol. The van der Waals surface area contributed by atoms with E-state index in [1.54, 1.807) is 6.08 Å². The normalized spacial score (nSPS) is 18.9. The summed E-state index contributed by atoms with van der Waals surface area (Å²) in [5.74, 6) is 0.221. The number of rotatable bonds is 4. The summed E-state index contributed by atoms with van der Waals surface area (Å²) in [5, 5.41) is 3.18. The van der Waals surface area contributed by atoms with Crippen LogP contribution in [0.1, 0.15) is 52.0 Å². The third-order valence-corrected chi connectivity index (χ3v) is 6.17. The fourth-order valence-electron chi connectivity index (χ4n) is 4.22. The maximum absolute atomic E-state index is 12.7. The Morgan fingerprint density at radius 1 is 0.903 bits per heavy atom. The molecule has 3 rings (SSSR count). The van der Waals surface area contributed by atoms with E-state index in [2.05, 4.69) is 5.32 Å². The quantitative estimate of drug-likeness (QED) is 0.754. The molecule has 1 aromatic carbocycles. The molecule has 1 aromatic rings. The number of carbonyl (C=O) groups excluding carboxylic acids is 3. The van der Waals surface area contributed by atoms with E-state index in [9.17, 15) is 14.4 Å². The lowest BCUT2D eigenvalue weighted by Gasteiger charge is -2.37. The first-order valence-corrected chi connectivity index (χ1v) is 11.4. The highest BCUT2D eigenvalue weighted by molar-refractivity contribution is 5.92. The van der Waals surface area contributed by atoms with E-state index in [1.807, 2.05) is 67.0 Å². The van der Waals surface area contributed by atoms with Crippen molar-refractivity contribution >= 4 is 23.8 Å². The van der Waals surface area contributed by atoms with Gasteiger partial charge >= 0.3 is 0 Å². The van der Waals surface area contributed by atoms with Gasteiger partial charge in [-0.25, -0.2) is 0 Å². The molecule has 2 fully saturated rings. The van der Waals surface area contributed by atoms with Crippen molar-refractivity contribution in [3.8, 4) is 0 Å². The van der Waals surface area contributed by atoms with Gasteiger partial charge in [0.15, 0.2) is 0 Å². The summed E-state index contributed by atoms with van der Waals surface area (Å²) in [7, 11) is 0. The minimum Gasteiger partial charge on any atom is -0.353 e. The van der Waals surface area contributed by atoms with Crippen molar-refractivity contribution in [2.24, 2.45) is 11.3 Å². The van der Waals surface area contributed by atoms with Gasteiger partial charge in [0.1, 0.15) is 0 Å². The molecule has 2 aliphatic rings. The molecule has 3 amide bonds. The Labute approximate surface area is 185 Å². The molecule has 2 aliphatic heterocycles. The van der Waals surface area contributed by atoms with Crippen LogP contribution >= 0.6 is 0 Å². The van der Waals surface area contributed by atoms with Gasteiger partial charge < -0.3 is 15.1 Å². The Hall–Kier alpha value is -2.63. The maximum Gasteiger partial charge on any atom is 0.246 e. The van der Waals surface area contributed by atoms with Gasteiger partial charge in [-0.05, 0) is 37.3 Å². The average Bonchev–Trinajstić information content (AvgIpc) is 2.77. The van der Waals surface area contributed by atoms with Crippen molar-refractivity contribution in [2.45, 2.75) is 52.5 Å². The third-order valence-electron chi connectivity index (χ3n) is 6.17. The van der Waals surface area contributed by atoms with E-state index in [4.69, 9.17) is 0 Å². The van der Waals surface area contributed by atoms with Gasteiger partial charge in [-0.3, -0.25) is 14.4 Å². The first-order chi connectivity index (χ1) is 14.7. The van der Waals surface area contributed by atoms with E-state index in [0.717, 1.165) is 18.4 Å². The van der Waals surface area contributed by atoms with E-state index >= 15 is 0 Å². The van der Waals surface area contributed by atoms with Crippen LogP contribution in [0.15, 0.2) is 36.4 Å². The van der Waals surface area contributed by atoms with Crippen LogP contribution in [0.4, 0.5) is 0 Å². The predicted molar refractivity (Wildman–Crippen MR) is 122 cm³/mol. The third kappa shape index (κ3) is 6.42. The zero-order chi connectivity index (χ0) is 22.4. The van der Waals surface area contributed by atoms with Gasteiger partial charge in [0.25, 0.3) is 0 Å². The summed E-state index contributed by atoms with van der Waals surface area (Å²) in [6.45, 7) is 8.43. The molecule has 2 heterocycles. The summed E-state index contributed by atoms with van der Waals surface area (Å²) >= 11 is 0. The fraction of sp³-hybridized carbons (Fsp3) is 0.560. The van der Waals surface area contributed by atoms with Crippen LogP contribution in [0.25, 0.3) is 6.08 Å². The highest BCUT2D eigenvalue weighted by Crippen LogP contribution is 2.22. The maximum atomic E-state index is 12.7. The SMILES string of the molecule is CC(C)(C)C(=O)N1CCC(NC(=O)C2CCN(C(=O)/C=C/c3ccccc3)CC2)CC1. The summed E-state index contributed by atoms with van der Waals surface area (Å²) in [4.78, 5) is 41.3. The van der Waals surface area contributed by atoms with Crippen LogP contribution in [-0.4, -0.2) is 59.7 Å². The van der Waals surface area contributed by atoms with Gasteiger partial charge in [0.05, 0.1) is 0 Å². The number of piperidine rings is 2. The molecule has 6 nitrogen and oxygen atoms in total. The van der Waals surface area contributed by atoms with Crippen LogP contribution in [0.2, 0.25) is 0 Å². The Kier molecular flexibility index (Phi) is 7.52. The van der Waals surface area contributed by atoms with Gasteiger partial charge in [-0.15, -0.1) is 0 Å². The van der Waals surface area contributed by atoms with Crippen molar-refractivity contribution in [1.82, 2.24) is 15.1 Å². The monoisotopic (exact) mass is 425 g/mol. The molecule has 0 unspecified atom stereocenters. The lowest BCUT2D eigenvalue weighted by atomic mass is 9.92. The second-order valence-electron chi connectivity index (χ2n) is 9.67. The van der Waals surface area contributed by atoms with Crippen LogP contribution in [-0.2, 0) is 14.4 Å². The highest BCUT2D eigenvalue weighted by atomic mass is 16.2. The standard InChI is InChI=1S/C25H35N3O3/c1-25(2,3)24(31)28-17-13-21(14-18-28)26-23(30)20-11-15-27(16-12-20)22(29)10-9-19-7-5-4-6-8-19/h4-10,20-21H,11-18H2,1-3H3,(H,26,30)/b10-9+. The molecule has 0 spiro atoms. The number of nitrogens with one attached hydrogen (secondary N) is 1. The molecule has 0 atom stereocenters. The molecule has 168 valence electrons. The van der Waals surface area contributed by atoms with Crippen molar-refractivity contribution in [2.75, 3.05) is 26.2 Å². The summed E-state index contributed by atoms with van der Waals surface area (Å²) < 4.78 is 0. The number of carbonyl (C=O) groups is 3. The number of likely N-dealkylation sites (tertiary alicyclic amines) is 2. The number of nitrogens with zero attached hydrogens (tertiary/aromatic N) is 2. The highest BCUT2D eigenvalue weighted by Gasteiger charge is 2.32. The van der Waals surface area contributed by atoms with Crippen LogP contribution in [0.5, 0.6) is 0 Å². The predicted octanol–water partition coefficient (Wildman–Crippen LogP) is 3.09.